The van der Waals surface area contributed by atoms with Gasteiger partial charge in [0.1, 0.15) is 0 Å². The largest absolute Gasteiger partial charge is 0.313 e. The molecule has 1 N–H and O–H groups in total. The first-order valence-corrected chi connectivity index (χ1v) is 6.89. The maximum atomic E-state index is 5.81. The van der Waals surface area contributed by atoms with Crippen LogP contribution in [0, 0.1) is 0 Å². The first-order valence-electron chi connectivity index (χ1n) is 5.36. The zero-order valence-electron chi connectivity index (χ0n) is 9.13. The molecule has 84 valence electrons. The molecule has 0 bridgehead atoms. The van der Waals surface area contributed by atoms with Crippen LogP contribution in [0.3, 0.4) is 0 Å². The van der Waals surface area contributed by atoms with Gasteiger partial charge in [0.05, 0.1) is 0 Å². The lowest BCUT2D eigenvalue weighted by Crippen LogP contribution is -2.15. The summed E-state index contributed by atoms with van der Waals surface area (Å²) >= 11 is 7.81. The second kappa shape index (κ2) is 8.03. The number of benzene rings is 1. The van der Waals surface area contributed by atoms with Crippen molar-refractivity contribution < 1.29 is 0 Å². The van der Waals surface area contributed by atoms with Crippen LogP contribution in [0.25, 0.3) is 0 Å². The Morgan fingerprint density at radius 1 is 1.27 bits per heavy atom. The normalized spacial score (nSPS) is 10.5. The average molecular weight is 244 g/mol. The molecule has 15 heavy (non-hydrogen) atoms. The fourth-order valence-corrected chi connectivity index (χ4v) is 2.04. The van der Waals surface area contributed by atoms with Gasteiger partial charge in [0.15, 0.2) is 0 Å². The van der Waals surface area contributed by atoms with Gasteiger partial charge in [0.25, 0.3) is 0 Å². The van der Waals surface area contributed by atoms with Gasteiger partial charge in [-0.1, -0.05) is 30.7 Å². The van der Waals surface area contributed by atoms with Crippen molar-refractivity contribution in [3.05, 3.63) is 34.9 Å². The highest BCUT2D eigenvalue weighted by atomic mass is 35.5. The molecule has 0 heterocycles. The van der Waals surface area contributed by atoms with E-state index < -0.39 is 0 Å². The number of thioether (sulfide) groups is 1. The fraction of sp³-hybridized carbons (Fsp3) is 0.500. The third-order valence-electron chi connectivity index (χ3n) is 2.09. The third kappa shape index (κ3) is 6.08. The van der Waals surface area contributed by atoms with Crippen LogP contribution in [-0.2, 0) is 6.54 Å². The molecule has 1 nitrogen and oxygen atoms in total. The minimum Gasteiger partial charge on any atom is -0.313 e. The van der Waals surface area contributed by atoms with E-state index in [0.29, 0.717) is 0 Å². The van der Waals surface area contributed by atoms with Gasteiger partial charge >= 0.3 is 0 Å². The van der Waals surface area contributed by atoms with Crippen molar-refractivity contribution >= 4 is 23.4 Å². The number of nitrogens with one attached hydrogen (secondary N) is 1. The van der Waals surface area contributed by atoms with Crippen molar-refractivity contribution in [2.24, 2.45) is 0 Å². The molecule has 0 fully saturated rings. The average Bonchev–Trinajstić information content (AvgIpc) is 2.26. The summed E-state index contributed by atoms with van der Waals surface area (Å²) in [4.78, 5) is 0. The summed E-state index contributed by atoms with van der Waals surface area (Å²) in [7, 11) is 0. The van der Waals surface area contributed by atoms with E-state index in [9.17, 15) is 0 Å². The second-order valence-electron chi connectivity index (χ2n) is 3.35. The molecular weight excluding hydrogens is 226 g/mol. The molecule has 0 radical (unpaired) electrons. The van der Waals surface area contributed by atoms with Gasteiger partial charge in [-0.05, 0) is 42.2 Å². The lowest BCUT2D eigenvalue weighted by Gasteiger charge is -2.04. The van der Waals surface area contributed by atoms with Gasteiger partial charge in [-0.25, -0.2) is 0 Å². The van der Waals surface area contributed by atoms with Crippen LogP contribution < -0.4 is 5.32 Å². The van der Waals surface area contributed by atoms with E-state index in [1.165, 1.54) is 23.5 Å². The number of hydrogen-bond acceptors (Lipinski definition) is 2. The Morgan fingerprint density at radius 3 is 2.67 bits per heavy atom. The van der Waals surface area contributed by atoms with E-state index >= 15 is 0 Å². The van der Waals surface area contributed by atoms with Crippen molar-refractivity contribution in [1.29, 1.82) is 0 Å². The monoisotopic (exact) mass is 243 g/mol. The first-order chi connectivity index (χ1) is 7.33. The lowest BCUT2D eigenvalue weighted by molar-refractivity contribution is 0.679. The molecule has 1 aromatic carbocycles. The highest BCUT2D eigenvalue weighted by Gasteiger charge is 1.92. The fourth-order valence-electron chi connectivity index (χ4n) is 1.28. The maximum Gasteiger partial charge on any atom is 0.0406 e. The van der Waals surface area contributed by atoms with Crippen LogP contribution in [0.1, 0.15) is 18.9 Å². The van der Waals surface area contributed by atoms with Gasteiger partial charge in [-0.15, -0.1) is 0 Å². The van der Waals surface area contributed by atoms with Gasteiger partial charge in [-0.2, -0.15) is 11.8 Å². The van der Waals surface area contributed by atoms with Crippen LogP contribution in [0.2, 0.25) is 5.02 Å². The molecule has 0 spiro atoms. The molecule has 3 heteroatoms. The van der Waals surface area contributed by atoms with Crippen LogP contribution in [0.15, 0.2) is 24.3 Å². The third-order valence-corrected chi connectivity index (χ3v) is 3.33. The smallest absolute Gasteiger partial charge is 0.0406 e. The summed E-state index contributed by atoms with van der Waals surface area (Å²) < 4.78 is 0. The molecule has 0 saturated heterocycles. The Bertz CT molecular complexity index is 261. The molecule has 1 aromatic rings. The predicted molar refractivity (Wildman–Crippen MR) is 70.8 cm³/mol. The Kier molecular flexibility index (Phi) is 6.90. The number of rotatable bonds is 7. The Labute approximate surface area is 102 Å². The van der Waals surface area contributed by atoms with E-state index in [2.05, 4.69) is 24.4 Å². The van der Waals surface area contributed by atoms with Crippen molar-refractivity contribution in [2.45, 2.75) is 19.9 Å². The van der Waals surface area contributed by atoms with Crippen LogP contribution >= 0.6 is 23.4 Å². The minimum absolute atomic E-state index is 0.804. The second-order valence-corrected chi connectivity index (χ2v) is 5.18. The van der Waals surface area contributed by atoms with Crippen molar-refractivity contribution in [3.8, 4) is 0 Å². The summed E-state index contributed by atoms with van der Waals surface area (Å²) in [5.74, 6) is 2.47. The van der Waals surface area contributed by atoms with Crippen molar-refractivity contribution in [1.82, 2.24) is 5.32 Å². The minimum atomic E-state index is 0.804. The molecule has 0 aliphatic carbocycles. The zero-order valence-corrected chi connectivity index (χ0v) is 10.7. The number of hydrogen-bond donors (Lipinski definition) is 1. The number of halogens is 1. The maximum absolute atomic E-state index is 5.81. The molecule has 0 amide bonds. The molecule has 1 rings (SSSR count). The molecule has 0 aliphatic rings. The van der Waals surface area contributed by atoms with E-state index in [-0.39, 0.29) is 0 Å². The Balaban J connectivity index is 2.07. The van der Waals surface area contributed by atoms with Crippen LogP contribution in [-0.4, -0.2) is 18.1 Å². The van der Waals surface area contributed by atoms with E-state index in [4.69, 9.17) is 11.6 Å². The van der Waals surface area contributed by atoms with Crippen molar-refractivity contribution in [3.63, 3.8) is 0 Å². The Hall–Kier alpha value is -0.180. The van der Waals surface area contributed by atoms with Gasteiger partial charge in [-0.3, -0.25) is 0 Å². The summed E-state index contributed by atoms with van der Waals surface area (Å²) in [6.07, 6.45) is 1.24. The summed E-state index contributed by atoms with van der Waals surface area (Å²) in [6.45, 7) is 4.23. The molecular formula is C12H18ClNS. The predicted octanol–water partition coefficient (Wildman–Crippen LogP) is 3.57. The zero-order chi connectivity index (χ0) is 10.9. The highest BCUT2D eigenvalue weighted by molar-refractivity contribution is 7.99. The quantitative estimate of drug-likeness (QED) is 0.735. The lowest BCUT2D eigenvalue weighted by atomic mass is 10.2. The molecule has 0 aromatic heterocycles. The van der Waals surface area contributed by atoms with Crippen LogP contribution in [0.4, 0.5) is 0 Å². The molecule has 0 aliphatic heterocycles. The van der Waals surface area contributed by atoms with E-state index in [1.54, 1.807) is 0 Å². The molecule has 0 unspecified atom stereocenters. The first kappa shape index (κ1) is 12.9. The van der Waals surface area contributed by atoms with Crippen LogP contribution in [0.5, 0.6) is 0 Å². The summed E-state index contributed by atoms with van der Waals surface area (Å²) in [6, 6.07) is 8.00. The van der Waals surface area contributed by atoms with Gasteiger partial charge in [0.2, 0.25) is 0 Å². The summed E-state index contributed by atoms with van der Waals surface area (Å²) in [5.41, 5.74) is 1.29. The topological polar surface area (TPSA) is 12.0 Å². The van der Waals surface area contributed by atoms with E-state index in [1.807, 2.05) is 23.9 Å². The van der Waals surface area contributed by atoms with Crippen molar-refractivity contribution in [2.75, 3.05) is 18.1 Å². The summed E-state index contributed by atoms with van der Waals surface area (Å²) in [5, 5.41) is 4.23. The van der Waals surface area contributed by atoms with Gasteiger partial charge in [0, 0.05) is 11.6 Å². The molecule has 0 atom stereocenters. The standard InChI is InChI=1S/C12H18ClNS/c1-2-15-9-3-8-14-10-11-4-6-12(13)7-5-11/h4-7,14H,2-3,8-10H2,1H3. The van der Waals surface area contributed by atoms with Gasteiger partial charge < -0.3 is 5.32 Å². The Morgan fingerprint density at radius 2 is 2.00 bits per heavy atom. The SMILES string of the molecule is CCSCCCNCc1ccc(Cl)cc1. The highest BCUT2D eigenvalue weighted by Crippen LogP contribution is 2.09. The molecule has 0 saturated carbocycles. The van der Waals surface area contributed by atoms with E-state index in [0.717, 1.165) is 18.1 Å².